The van der Waals surface area contributed by atoms with Crippen LogP contribution in [0.1, 0.15) is 116 Å². The van der Waals surface area contributed by atoms with Gasteiger partial charge in [0.2, 0.25) is 5.91 Å². The number of aromatic nitrogens is 2. The van der Waals surface area contributed by atoms with Crippen molar-refractivity contribution >= 4 is 11.6 Å². The third kappa shape index (κ3) is 15.5. The van der Waals surface area contributed by atoms with Gasteiger partial charge in [-0.3, -0.25) is 19.6 Å². The van der Waals surface area contributed by atoms with E-state index in [0.29, 0.717) is 13.1 Å². The van der Waals surface area contributed by atoms with Crippen LogP contribution in [-0.4, -0.2) is 27.2 Å². The molecule has 0 bridgehead atoms. The Hall–Kier alpha value is -1.92. The predicted octanol–water partition coefficient (Wildman–Crippen LogP) is 6.56. The molecule has 0 aliphatic rings. The molecule has 1 aromatic heterocycles. The Morgan fingerprint density at radius 1 is 0.903 bits per heavy atom. The van der Waals surface area contributed by atoms with Crippen molar-refractivity contribution in [2.45, 2.75) is 123 Å². The average Bonchev–Trinajstić information content (AvgIpc) is 3.24. The van der Waals surface area contributed by atoms with Crippen molar-refractivity contribution in [3.05, 3.63) is 22.5 Å². The van der Waals surface area contributed by atoms with Crippen LogP contribution in [0.3, 0.4) is 0 Å². The number of amides is 1. The van der Waals surface area contributed by atoms with Gasteiger partial charge in [0.25, 0.3) is 0 Å². The highest BCUT2D eigenvalue weighted by Gasteiger charge is 2.09. The highest BCUT2D eigenvalue weighted by Crippen LogP contribution is 2.13. The third-order valence-electron chi connectivity index (χ3n) is 5.75. The zero-order valence-electron chi connectivity index (χ0n) is 19.7. The van der Waals surface area contributed by atoms with Crippen molar-refractivity contribution in [3.8, 4) is 0 Å². The van der Waals surface area contributed by atoms with Crippen LogP contribution in [-0.2, 0) is 11.3 Å². The third-order valence-corrected chi connectivity index (χ3v) is 5.75. The summed E-state index contributed by atoms with van der Waals surface area (Å²) in [6, 6.07) is 0. The Labute approximate surface area is 188 Å². The molecule has 0 aliphatic carbocycles. The van der Waals surface area contributed by atoms with Gasteiger partial charge in [0.15, 0.2) is 0 Å². The number of nitro groups is 1. The van der Waals surface area contributed by atoms with Gasteiger partial charge in [0, 0.05) is 19.5 Å². The summed E-state index contributed by atoms with van der Waals surface area (Å²) in [4.78, 5) is 22.0. The van der Waals surface area contributed by atoms with Gasteiger partial charge in [0.1, 0.15) is 12.4 Å². The second kappa shape index (κ2) is 18.8. The molecule has 0 aliphatic heterocycles. The first kappa shape index (κ1) is 27.1. The van der Waals surface area contributed by atoms with Gasteiger partial charge in [-0.05, 0) is 6.42 Å². The van der Waals surface area contributed by atoms with Crippen molar-refractivity contribution in [2.75, 3.05) is 6.54 Å². The quantitative estimate of drug-likeness (QED) is 0.134. The highest BCUT2D eigenvalue weighted by atomic mass is 16.6. The fourth-order valence-corrected chi connectivity index (χ4v) is 3.77. The summed E-state index contributed by atoms with van der Waals surface area (Å²) < 4.78 is 1.44. The minimum atomic E-state index is -0.485. The molecule has 1 aromatic rings. The molecule has 1 amide bonds. The smallest absolute Gasteiger partial charge is 0.306 e. The second-order valence-corrected chi connectivity index (χ2v) is 8.62. The average molecular weight is 437 g/mol. The van der Waals surface area contributed by atoms with E-state index in [-0.39, 0.29) is 18.0 Å². The van der Waals surface area contributed by atoms with Crippen molar-refractivity contribution in [1.82, 2.24) is 15.1 Å². The number of hydrogen-bond acceptors (Lipinski definition) is 4. The van der Waals surface area contributed by atoms with Gasteiger partial charge in [0.05, 0.1) is 4.92 Å². The Morgan fingerprint density at radius 2 is 1.39 bits per heavy atom. The summed E-state index contributed by atoms with van der Waals surface area (Å²) in [5.41, 5.74) is -0.0476. The van der Waals surface area contributed by atoms with Crippen LogP contribution in [0.5, 0.6) is 0 Å². The molecule has 31 heavy (non-hydrogen) atoms. The molecule has 1 heterocycles. The summed E-state index contributed by atoms with van der Waals surface area (Å²) in [5, 5.41) is 17.4. The lowest BCUT2D eigenvalue weighted by Crippen LogP contribution is -2.25. The monoisotopic (exact) mass is 436 g/mol. The number of unbranched alkanes of at least 4 members (excludes halogenated alkanes) is 15. The minimum absolute atomic E-state index is 0.0286. The summed E-state index contributed by atoms with van der Waals surface area (Å²) >= 11 is 0. The van der Waals surface area contributed by atoms with E-state index in [9.17, 15) is 14.9 Å². The molecule has 0 atom stereocenters. The van der Waals surface area contributed by atoms with Crippen LogP contribution in [0.2, 0.25) is 0 Å². The maximum atomic E-state index is 11.8. The normalized spacial score (nSPS) is 11.0. The highest BCUT2D eigenvalue weighted by molar-refractivity contribution is 5.75. The molecule has 0 radical (unpaired) electrons. The fraction of sp³-hybridized carbons (Fsp3) is 0.833. The predicted molar refractivity (Wildman–Crippen MR) is 126 cm³/mol. The van der Waals surface area contributed by atoms with Crippen molar-refractivity contribution < 1.29 is 9.72 Å². The number of carbonyl (C=O) groups is 1. The molecule has 0 aromatic carbocycles. The molecule has 1 N–H and O–H groups in total. The molecule has 7 heteroatoms. The largest absolute Gasteiger partial charge is 0.356 e. The first-order valence-electron chi connectivity index (χ1n) is 12.6. The molecule has 0 saturated carbocycles. The van der Waals surface area contributed by atoms with Crippen LogP contribution in [0, 0.1) is 10.1 Å². The maximum Gasteiger partial charge on any atom is 0.306 e. The van der Waals surface area contributed by atoms with Crippen molar-refractivity contribution in [3.63, 3.8) is 0 Å². The SMILES string of the molecule is CCCCCCCCCCCCCCCCCCNC(=O)CCn1cc([N+](=O)[O-])cn1. The maximum absolute atomic E-state index is 11.8. The Bertz CT molecular complexity index is 589. The summed E-state index contributed by atoms with van der Waals surface area (Å²) in [6.07, 6.45) is 24.3. The van der Waals surface area contributed by atoms with E-state index in [0.717, 1.165) is 12.8 Å². The molecule has 0 unspecified atom stereocenters. The number of carbonyl (C=O) groups excluding carboxylic acids is 1. The standard InChI is InChI=1S/C24H44N4O3/c1-2-3-4-5-6-7-8-9-10-11-12-13-14-15-16-17-19-25-24(29)18-20-27-22-23(21-26-27)28(30)31/h21-22H,2-20H2,1H3,(H,25,29). The fourth-order valence-electron chi connectivity index (χ4n) is 3.77. The Kier molecular flexibility index (Phi) is 16.5. The number of aryl methyl sites for hydroxylation is 1. The number of hydrogen-bond donors (Lipinski definition) is 1. The number of nitrogens with zero attached hydrogens (tertiary/aromatic N) is 3. The zero-order valence-corrected chi connectivity index (χ0v) is 19.7. The van der Waals surface area contributed by atoms with Crippen molar-refractivity contribution in [2.24, 2.45) is 0 Å². The summed E-state index contributed by atoms with van der Waals surface area (Å²) in [6.45, 7) is 3.34. The van der Waals surface area contributed by atoms with E-state index in [4.69, 9.17) is 0 Å². The van der Waals surface area contributed by atoms with Crippen LogP contribution < -0.4 is 5.32 Å². The molecule has 0 fully saturated rings. The van der Waals surface area contributed by atoms with E-state index < -0.39 is 4.92 Å². The summed E-state index contributed by atoms with van der Waals surface area (Å²) in [7, 11) is 0. The van der Waals surface area contributed by atoms with Gasteiger partial charge < -0.3 is 5.32 Å². The molecule has 0 spiro atoms. The van der Waals surface area contributed by atoms with Gasteiger partial charge in [-0.1, -0.05) is 103 Å². The number of nitrogens with one attached hydrogen (secondary N) is 1. The lowest BCUT2D eigenvalue weighted by atomic mass is 10.0. The first-order chi connectivity index (χ1) is 15.1. The lowest BCUT2D eigenvalue weighted by Gasteiger charge is -2.06. The number of rotatable bonds is 21. The van der Waals surface area contributed by atoms with Crippen LogP contribution in [0.4, 0.5) is 5.69 Å². The second-order valence-electron chi connectivity index (χ2n) is 8.62. The molecular formula is C24H44N4O3. The lowest BCUT2D eigenvalue weighted by molar-refractivity contribution is -0.385. The van der Waals surface area contributed by atoms with Crippen LogP contribution >= 0.6 is 0 Å². The van der Waals surface area contributed by atoms with Crippen LogP contribution in [0.15, 0.2) is 12.4 Å². The molecule has 0 saturated heterocycles. The Morgan fingerprint density at radius 3 is 1.84 bits per heavy atom. The topological polar surface area (TPSA) is 90.1 Å². The van der Waals surface area contributed by atoms with E-state index in [1.54, 1.807) is 0 Å². The van der Waals surface area contributed by atoms with Gasteiger partial charge >= 0.3 is 5.69 Å². The molecule has 1 rings (SSSR count). The van der Waals surface area contributed by atoms with E-state index in [1.165, 1.54) is 107 Å². The minimum Gasteiger partial charge on any atom is -0.356 e. The molecular weight excluding hydrogens is 392 g/mol. The van der Waals surface area contributed by atoms with Gasteiger partial charge in [-0.2, -0.15) is 5.10 Å². The first-order valence-corrected chi connectivity index (χ1v) is 12.6. The van der Waals surface area contributed by atoms with Crippen LogP contribution in [0.25, 0.3) is 0 Å². The van der Waals surface area contributed by atoms with E-state index in [1.807, 2.05) is 0 Å². The van der Waals surface area contributed by atoms with Crippen molar-refractivity contribution in [1.29, 1.82) is 0 Å². The summed E-state index contributed by atoms with van der Waals surface area (Å²) in [5.74, 6) is -0.0286. The van der Waals surface area contributed by atoms with E-state index >= 15 is 0 Å². The molecule has 7 nitrogen and oxygen atoms in total. The van der Waals surface area contributed by atoms with E-state index in [2.05, 4.69) is 17.3 Å². The van der Waals surface area contributed by atoms with Gasteiger partial charge in [-0.25, -0.2) is 0 Å². The Balaban J connectivity index is 1.80. The molecule has 178 valence electrons. The zero-order chi connectivity index (χ0) is 22.6. The van der Waals surface area contributed by atoms with Gasteiger partial charge in [-0.15, -0.1) is 0 Å².